The van der Waals surface area contributed by atoms with Crippen molar-refractivity contribution in [3.8, 4) is 0 Å². The smallest absolute Gasteiger partial charge is 0.355 e. The maximum absolute atomic E-state index is 12.5. The minimum Gasteiger partial charge on any atom is -0.478 e. The number of nitrogens with one attached hydrogen (secondary N) is 1. The summed E-state index contributed by atoms with van der Waals surface area (Å²) in [6, 6.07) is 10.2. The molecule has 0 aliphatic rings. The van der Waals surface area contributed by atoms with Gasteiger partial charge in [-0.3, -0.25) is 0 Å². The summed E-state index contributed by atoms with van der Waals surface area (Å²) in [5.74, 6) is -1.73. The van der Waals surface area contributed by atoms with E-state index in [2.05, 4.69) is 4.98 Å². The fraction of sp³-hybridized carbons (Fsp3) is 0.143. The second-order valence-electron chi connectivity index (χ2n) is 6.17. The molecule has 0 atom stereocenters. The third-order valence-corrected chi connectivity index (χ3v) is 4.73. The molecule has 0 aliphatic carbocycles. The molecule has 3 aromatic rings. The molecule has 3 rings (SSSR count). The van der Waals surface area contributed by atoms with Gasteiger partial charge in [0.05, 0.1) is 17.2 Å². The van der Waals surface area contributed by atoms with Crippen LogP contribution in [0.5, 0.6) is 0 Å². The van der Waals surface area contributed by atoms with Gasteiger partial charge in [-0.2, -0.15) is 0 Å². The summed E-state index contributed by atoms with van der Waals surface area (Å²) in [5.41, 5.74) is 2.51. The van der Waals surface area contributed by atoms with Crippen molar-refractivity contribution in [1.82, 2.24) is 4.98 Å². The predicted octanol–water partition coefficient (Wildman–Crippen LogP) is 5.59. The molecule has 0 bridgehead atoms. The Morgan fingerprint density at radius 3 is 2.46 bits per heavy atom. The summed E-state index contributed by atoms with van der Waals surface area (Å²) in [6.45, 7) is 3.78. The third-order valence-electron chi connectivity index (χ3n) is 4.21. The number of fused-ring (bicyclic) bond motifs is 1. The van der Waals surface area contributed by atoms with Gasteiger partial charge in [0.25, 0.3) is 0 Å². The quantitative estimate of drug-likeness (QED) is 0.419. The average Bonchev–Trinajstić information content (AvgIpc) is 2.99. The van der Waals surface area contributed by atoms with E-state index in [1.807, 2.05) is 19.1 Å². The first-order chi connectivity index (χ1) is 13.3. The zero-order valence-electron chi connectivity index (χ0n) is 15.2. The minimum absolute atomic E-state index is 0.0254. The minimum atomic E-state index is -1.13. The molecular weight excluding hydrogens is 401 g/mol. The molecule has 5 nitrogen and oxygen atoms in total. The van der Waals surface area contributed by atoms with Gasteiger partial charge < -0.3 is 14.8 Å². The Labute approximate surface area is 171 Å². The number of H-pyrrole nitrogens is 1. The van der Waals surface area contributed by atoms with Crippen LogP contribution in [0.15, 0.2) is 36.4 Å². The molecule has 0 fully saturated rings. The summed E-state index contributed by atoms with van der Waals surface area (Å²) >= 11 is 12.4. The number of aromatic amines is 1. The van der Waals surface area contributed by atoms with Gasteiger partial charge in [-0.25, -0.2) is 9.59 Å². The van der Waals surface area contributed by atoms with Crippen molar-refractivity contribution in [3.63, 3.8) is 0 Å². The van der Waals surface area contributed by atoms with E-state index >= 15 is 0 Å². The number of halogens is 2. The Kier molecular flexibility index (Phi) is 5.77. The maximum atomic E-state index is 12.5. The van der Waals surface area contributed by atoms with Gasteiger partial charge in [0, 0.05) is 21.5 Å². The van der Waals surface area contributed by atoms with E-state index in [0.29, 0.717) is 32.1 Å². The van der Waals surface area contributed by atoms with Crippen molar-refractivity contribution in [1.29, 1.82) is 0 Å². The predicted molar refractivity (Wildman–Crippen MR) is 111 cm³/mol. The van der Waals surface area contributed by atoms with Gasteiger partial charge in [0.2, 0.25) is 0 Å². The van der Waals surface area contributed by atoms with E-state index in [4.69, 9.17) is 27.9 Å². The zero-order chi connectivity index (χ0) is 20.4. The van der Waals surface area contributed by atoms with Gasteiger partial charge in [-0.1, -0.05) is 53.0 Å². The van der Waals surface area contributed by atoms with Crippen LogP contribution in [-0.2, 0) is 9.53 Å². The van der Waals surface area contributed by atoms with E-state index < -0.39 is 11.9 Å². The summed E-state index contributed by atoms with van der Waals surface area (Å²) in [6.07, 6.45) is 1.43. The average molecular weight is 418 g/mol. The molecule has 0 unspecified atom stereocenters. The normalized spacial score (nSPS) is 11.6. The number of carbonyl (C=O) groups is 2. The molecule has 1 aromatic heterocycles. The third kappa shape index (κ3) is 3.91. The lowest BCUT2D eigenvalue weighted by molar-refractivity contribution is -0.130. The van der Waals surface area contributed by atoms with Crippen LogP contribution in [-0.4, -0.2) is 28.6 Å². The highest BCUT2D eigenvalue weighted by Crippen LogP contribution is 2.35. The van der Waals surface area contributed by atoms with Crippen LogP contribution < -0.4 is 0 Å². The number of hydrogen-bond donors (Lipinski definition) is 2. The molecule has 0 saturated heterocycles. The number of carboxylic acid groups (broad SMARTS) is 1. The molecule has 7 heteroatoms. The van der Waals surface area contributed by atoms with Crippen molar-refractivity contribution in [2.45, 2.75) is 13.8 Å². The fourth-order valence-corrected chi connectivity index (χ4v) is 3.52. The molecular formula is C21H17Cl2NO4. The Morgan fingerprint density at radius 2 is 1.86 bits per heavy atom. The van der Waals surface area contributed by atoms with E-state index in [9.17, 15) is 14.7 Å². The van der Waals surface area contributed by atoms with Gasteiger partial charge in [-0.15, -0.1) is 0 Å². The second kappa shape index (κ2) is 8.09. The Hall–Kier alpha value is -2.76. The number of rotatable bonds is 5. The van der Waals surface area contributed by atoms with Crippen LogP contribution in [0.3, 0.4) is 0 Å². The molecule has 0 saturated carbocycles. The SMILES string of the molecule is CCOC(=O)c1[nH]c2cc(Cl)cc(Cl)c2c1C=C(C(=O)O)c1ccc(C)cc1. The van der Waals surface area contributed by atoms with E-state index in [1.165, 1.54) is 12.1 Å². The Morgan fingerprint density at radius 1 is 1.18 bits per heavy atom. The highest BCUT2D eigenvalue weighted by atomic mass is 35.5. The van der Waals surface area contributed by atoms with Crippen LogP contribution in [0.4, 0.5) is 0 Å². The number of aliphatic carboxylic acids is 1. The number of carbonyl (C=O) groups excluding carboxylic acids is 1. The molecule has 0 aliphatic heterocycles. The van der Waals surface area contributed by atoms with E-state index in [1.54, 1.807) is 25.1 Å². The molecule has 2 N–H and O–H groups in total. The highest BCUT2D eigenvalue weighted by Gasteiger charge is 2.22. The van der Waals surface area contributed by atoms with Crippen molar-refractivity contribution < 1.29 is 19.4 Å². The van der Waals surface area contributed by atoms with Gasteiger partial charge in [0.1, 0.15) is 5.69 Å². The van der Waals surface area contributed by atoms with Crippen molar-refractivity contribution in [2.75, 3.05) is 6.61 Å². The maximum Gasteiger partial charge on any atom is 0.355 e. The monoisotopic (exact) mass is 417 g/mol. The summed E-state index contributed by atoms with van der Waals surface area (Å²) in [4.78, 5) is 27.4. The number of esters is 1. The topological polar surface area (TPSA) is 79.4 Å². The fourth-order valence-electron chi connectivity index (χ4n) is 2.93. The van der Waals surface area contributed by atoms with Crippen LogP contribution in [0.25, 0.3) is 22.6 Å². The number of ether oxygens (including phenoxy) is 1. The lowest BCUT2D eigenvalue weighted by atomic mass is 10.00. The first-order valence-corrected chi connectivity index (χ1v) is 9.27. The second-order valence-corrected chi connectivity index (χ2v) is 7.02. The highest BCUT2D eigenvalue weighted by molar-refractivity contribution is 6.39. The molecule has 2 aromatic carbocycles. The molecule has 144 valence electrons. The lowest BCUT2D eigenvalue weighted by Crippen LogP contribution is -2.07. The lowest BCUT2D eigenvalue weighted by Gasteiger charge is -2.06. The van der Waals surface area contributed by atoms with Crippen LogP contribution in [0.2, 0.25) is 10.0 Å². The van der Waals surface area contributed by atoms with Crippen LogP contribution in [0, 0.1) is 6.92 Å². The standard InChI is InChI=1S/C21H17Cl2NO4/c1-3-28-21(27)19-15(18-16(23)8-13(22)9-17(18)24-19)10-14(20(25)26)12-6-4-11(2)5-7-12/h4-10,24H,3H2,1-2H3,(H,25,26). The zero-order valence-corrected chi connectivity index (χ0v) is 16.7. The largest absolute Gasteiger partial charge is 0.478 e. The molecule has 0 spiro atoms. The molecule has 1 heterocycles. The molecule has 0 amide bonds. The first kappa shape index (κ1) is 20.0. The van der Waals surface area contributed by atoms with Crippen LogP contribution >= 0.6 is 23.2 Å². The molecule has 0 radical (unpaired) electrons. The van der Waals surface area contributed by atoms with E-state index in [-0.39, 0.29) is 17.9 Å². The van der Waals surface area contributed by atoms with Crippen LogP contribution in [0.1, 0.15) is 34.1 Å². The van der Waals surface area contributed by atoms with Crippen molar-refractivity contribution in [3.05, 3.63) is 68.8 Å². The number of hydrogen-bond acceptors (Lipinski definition) is 3. The number of carboxylic acids is 1. The van der Waals surface area contributed by atoms with Crippen molar-refractivity contribution >= 4 is 57.7 Å². The van der Waals surface area contributed by atoms with Crippen molar-refractivity contribution in [2.24, 2.45) is 0 Å². The number of aromatic nitrogens is 1. The molecule has 28 heavy (non-hydrogen) atoms. The Bertz CT molecular complexity index is 1100. The summed E-state index contributed by atoms with van der Waals surface area (Å²) in [5, 5.41) is 11.0. The number of benzene rings is 2. The van der Waals surface area contributed by atoms with E-state index in [0.717, 1.165) is 5.56 Å². The van der Waals surface area contributed by atoms with Gasteiger partial charge in [-0.05, 0) is 37.6 Å². The Balaban J connectivity index is 2.30. The summed E-state index contributed by atoms with van der Waals surface area (Å²) < 4.78 is 5.11. The number of aryl methyl sites for hydroxylation is 1. The first-order valence-electron chi connectivity index (χ1n) is 8.51. The van der Waals surface area contributed by atoms with Gasteiger partial charge in [0.15, 0.2) is 0 Å². The summed E-state index contributed by atoms with van der Waals surface area (Å²) in [7, 11) is 0. The van der Waals surface area contributed by atoms with Gasteiger partial charge >= 0.3 is 11.9 Å².